The van der Waals surface area contributed by atoms with Gasteiger partial charge in [-0.25, -0.2) is 21.6 Å². The van der Waals surface area contributed by atoms with E-state index in [0.717, 1.165) is 19.3 Å². The topological polar surface area (TPSA) is 92.8 Å². The lowest BCUT2D eigenvalue weighted by atomic mass is 10.2. The Balaban J connectivity index is 1.71. The zero-order valence-corrected chi connectivity index (χ0v) is 15.0. The molecular weight excluding hydrogens is 352 g/mol. The van der Waals surface area contributed by atoms with Crippen molar-refractivity contribution in [3.63, 3.8) is 0 Å². The van der Waals surface area contributed by atoms with Crippen LogP contribution in [0, 0.1) is 0 Å². The summed E-state index contributed by atoms with van der Waals surface area (Å²) in [6.45, 7) is 1.36. The van der Waals surface area contributed by atoms with Gasteiger partial charge in [-0.2, -0.15) is 0 Å². The van der Waals surface area contributed by atoms with Crippen LogP contribution in [-0.2, 0) is 24.8 Å². The van der Waals surface area contributed by atoms with E-state index < -0.39 is 20.0 Å². The molecule has 9 heteroatoms. The normalized spacial score (nSPS) is 24.2. The summed E-state index contributed by atoms with van der Waals surface area (Å²) in [5.74, 6) is 0.135. The number of hydrogen-bond acceptors (Lipinski definition) is 5. The second-order valence-electron chi connectivity index (χ2n) is 6.08. The van der Waals surface area contributed by atoms with E-state index in [4.69, 9.17) is 4.74 Å². The third kappa shape index (κ3) is 3.90. The number of benzene rings is 1. The van der Waals surface area contributed by atoms with Gasteiger partial charge in [0.25, 0.3) is 0 Å². The van der Waals surface area contributed by atoms with Crippen molar-refractivity contribution in [1.82, 2.24) is 4.72 Å². The van der Waals surface area contributed by atoms with Crippen molar-refractivity contribution in [2.24, 2.45) is 0 Å². The van der Waals surface area contributed by atoms with E-state index in [2.05, 4.69) is 4.72 Å². The lowest BCUT2D eigenvalue weighted by molar-refractivity contribution is 0.114. The van der Waals surface area contributed by atoms with Gasteiger partial charge < -0.3 is 4.74 Å². The first-order valence-electron chi connectivity index (χ1n) is 8.10. The summed E-state index contributed by atoms with van der Waals surface area (Å²) in [5.41, 5.74) is 0.507. The lowest BCUT2D eigenvalue weighted by Crippen LogP contribution is -2.37. The highest BCUT2D eigenvalue weighted by atomic mass is 32.2. The second-order valence-corrected chi connectivity index (χ2v) is 9.86. The fourth-order valence-electron chi connectivity index (χ4n) is 2.96. The average Bonchev–Trinajstić information content (AvgIpc) is 3.06. The summed E-state index contributed by atoms with van der Waals surface area (Å²) in [4.78, 5) is 0.124. The van der Waals surface area contributed by atoms with E-state index in [1.807, 2.05) is 0 Å². The predicted octanol–water partition coefficient (Wildman–Crippen LogP) is 1.07. The van der Waals surface area contributed by atoms with Gasteiger partial charge in [-0.15, -0.1) is 0 Å². The van der Waals surface area contributed by atoms with Gasteiger partial charge in [0, 0.05) is 19.7 Å². The number of nitrogens with zero attached hydrogens (tertiary/aromatic N) is 1. The molecule has 2 aliphatic heterocycles. The van der Waals surface area contributed by atoms with Crippen molar-refractivity contribution in [2.75, 3.05) is 29.8 Å². The molecule has 0 saturated carbocycles. The van der Waals surface area contributed by atoms with Crippen molar-refractivity contribution in [3.05, 3.63) is 24.3 Å². The zero-order valence-electron chi connectivity index (χ0n) is 13.3. The van der Waals surface area contributed by atoms with Crippen molar-refractivity contribution < 1.29 is 21.6 Å². The number of anilines is 1. The molecule has 2 heterocycles. The minimum Gasteiger partial charge on any atom is -0.377 e. The maximum atomic E-state index is 12.3. The first-order valence-corrected chi connectivity index (χ1v) is 11.2. The van der Waals surface area contributed by atoms with Crippen LogP contribution in [0.5, 0.6) is 0 Å². The number of hydrogen-bond donors (Lipinski definition) is 1. The minimum atomic E-state index is -3.62. The molecule has 2 saturated heterocycles. The predicted molar refractivity (Wildman–Crippen MR) is 91.0 cm³/mol. The highest BCUT2D eigenvalue weighted by Gasteiger charge is 2.26. The van der Waals surface area contributed by atoms with Crippen molar-refractivity contribution in [2.45, 2.75) is 36.7 Å². The van der Waals surface area contributed by atoms with Crippen LogP contribution in [0.15, 0.2) is 29.2 Å². The molecule has 0 aliphatic carbocycles. The van der Waals surface area contributed by atoms with Gasteiger partial charge in [-0.05, 0) is 49.9 Å². The van der Waals surface area contributed by atoms with E-state index in [1.54, 1.807) is 12.1 Å². The van der Waals surface area contributed by atoms with Gasteiger partial charge in [0.2, 0.25) is 20.0 Å². The minimum absolute atomic E-state index is 0.0717. The van der Waals surface area contributed by atoms with E-state index in [-0.39, 0.29) is 23.3 Å². The summed E-state index contributed by atoms with van der Waals surface area (Å²) >= 11 is 0. The summed E-state index contributed by atoms with van der Waals surface area (Å²) in [6, 6.07) is 5.97. The SMILES string of the molecule is O=S(=O)(NC[C@@H]1CCCO1)c1ccc(N2CCCCS2(=O)=O)cc1. The Morgan fingerprint density at radius 1 is 1.17 bits per heavy atom. The second kappa shape index (κ2) is 6.99. The number of rotatable bonds is 5. The summed E-state index contributed by atoms with van der Waals surface area (Å²) in [7, 11) is -6.92. The molecule has 2 fully saturated rings. The Morgan fingerprint density at radius 2 is 1.92 bits per heavy atom. The first-order chi connectivity index (χ1) is 11.4. The van der Waals surface area contributed by atoms with E-state index >= 15 is 0 Å². The summed E-state index contributed by atoms with van der Waals surface area (Å²) < 4.78 is 58.1. The fraction of sp³-hybridized carbons (Fsp3) is 0.600. The molecule has 0 radical (unpaired) electrons. The molecule has 7 nitrogen and oxygen atoms in total. The number of sulfonamides is 2. The molecule has 1 aromatic rings. The van der Waals surface area contributed by atoms with Gasteiger partial charge in [-0.3, -0.25) is 4.31 Å². The highest BCUT2D eigenvalue weighted by molar-refractivity contribution is 7.92. The van der Waals surface area contributed by atoms with Crippen LogP contribution in [-0.4, -0.2) is 48.4 Å². The van der Waals surface area contributed by atoms with Gasteiger partial charge in [0.1, 0.15) is 0 Å². The Kier molecular flexibility index (Phi) is 5.14. The van der Waals surface area contributed by atoms with Crippen LogP contribution in [0.1, 0.15) is 25.7 Å². The van der Waals surface area contributed by atoms with Crippen molar-refractivity contribution >= 4 is 25.7 Å². The third-order valence-electron chi connectivity index (χ3n) is 4.31. The maximum Gasteiger partial charge on any atom is 0.240 e. The van der Waals surface area contributed by atoms with Gasteiger partial charge in [0.15, 0.2) is 0 Å². The summed E-state index contributed by atoms with van der Waals surface area (Å²) in [5, 5.41) is 0. The van der Waals surface area contributed by atoms with Crippen LogP contribution in [0.3, 0.4) is 0 Å². The van der Waals surface area contributed by atoms with Gasteiger partial charge in [-0.1, -0.05) is 0 Å². The molecule has 24 heavy (non-hydrogen) atoms. The molecule has 0 aromatic heterocycles. The molecule has 1 aromatic carbocycles. The summed E-state index contributed by atoms with van der Waals surface area (Å²) in [6.07, 6.45) is 3.21. The molecule has 1 atom stereocenters. The smallest absolute Gasteiger partial charge is 0.240 e. The molecule has 0 amide bonds. The van der Waals surface area contributed by atoms with E-state index in [9.17, 15) is 16.8 Å². The number of ether oxygens (including phenoxy) is 1. The molecular formula is C15H22N2O5S2. The molecule has 1 N–H and O–H groups in total. The highest BCUT2D eigenvalue weighted by Crippen LogP contribution is 2.24. The lowest BCUT2D eigenvalue weighted by Gasteiger charge is -2.28. The third-order valence-corrected chi connectivity index (χ3v) is 7.62. The molecule has 2 aliphatic rings. The molecule has 134 valence electrons. The Morgan fingerprint density at radius 3 is 2.54 bits per heavy atom. The van der Waals surface area contributed by atoms with Crippen LogP contribution >= 0.6 is 0 Å². The molecule has 0 unspecified atom stereocenters. The molecule has 0 spiro atoms. The maximum absolute atomic E-state index is 12.3. The Bertz CT molecular complexity index is 769. The molecule has 3 rings (SSSR count). The fourth-order valence-corrected chi connectivity index (χ4v) is 5.67. The standard InChI is InChI=1S/C15H22N2O5S2/c18-23(19)11-2-1-9-17(23)13-5-7-15(8-6-13)24(20,21)16-12-14-4-3-10-22-14/h5-8,14,16H,1-4,9-12H2/t14-/m0/s1. The molecule has 0 bridgehead atoms. The van der Waals surface area contributed by atoms with Crippen LogP contribution in [0.2, 0.25) is 0 Å². The van der Waals surface area contributed by atoms with Crippen LogP contribution in [0.4, 0.5) is 5.69 Å². The van der Waals surface area contributed by atoms with Crippen LogP contribution < -0.4 is 9.03 Å². The van der Waals surface area contributed by atoms with Crippen LogP contribution in [0.25, 0.3) is 0 Å². The van der Waals surface area contributed by atoms with Gasteiger partial charge in [0.05, 0.1) is 22.4 Å². The number of nitrogens with one attached hydrogen (secondary N) is 1. The Labute approximate surface area is 143 Å². The zero-order chi connectivity index (χ0) is 17.2. The largest absolute Gasteiger partial charge is 0.377 e. The van der Waals surface area contributed by atoms with Crippen molar-refractivity contribution in [1.29, 1.82) is 0 Å². The Hall–Kier alpha value is -1.16. The first kappa shape index (κ1) is 17.7. The van der Waals surface area contributed by atoms with E-state index in [0.29, 0.717) is 25.3 Å². The van der Waals surface area contributed by atoms with Gasteiger partial charge >= 0.3 is 0 Å². The van der Waals surface area contributed by atoms with Crippen molar-refractivity contribution in [3.8, 4) is 0 Å². The van der Waals surface area contributed by atoms with E-state index in [1.165, 1.54) is 16.4 Å². The monoisotopic (exact) mass is 374 g/mol. The quantitative estimate of drug-likeness (QED) is 0.832. The average molecular weight is 374 g/mol.